The summed E-state index contributed by atoms with van der Waals surface area (Å²) in [6, 6.07) is 4.59. The Kier molecular flexibility index (Phi) is 3.04. The topological polar surface area (TPSA) is 72.5 Å². The molecule has 0 spiro atoms. The van der Waals surface area contributed by atoms with Gasteiger partial charge >= 0.3 is 5.97 Å². The van der Waals surface area contributed by atoms with E-state index < -0.39 is 12.0 Å². The molecule has 0 aliphatic rings. The van der Waals surface area contributed by atoms with E-state index in [4.69, 9.17) is 15.6 Å². The molecule has 0 amide bonds. The number of benzene rings is 1. The van der Waals surface area contributed by atoms with Gasteiger partial charge in [-0.2, -0.15) is 0 Å². The summed E-state index contributed by atoms with van der Waals surface area (Å²) < 4.78 is 6.13. The number of carboxylic acids is 1. The number of aliphatic carboxylic acids is 1. The highest BCUT2D eigenvalue weighted by Crippen LogP contribution is 2.36. The van der Waals surface area contributed by atoms with E-state index >= 15 is 0 Å². The van der Waals surface area contributed by atoms with Crippen molar-refractivity contribution in [2.24, 2.45) is 5.73 Å². The number of carbonyl (C=O) groups is 1. The van der Waals surface area contributed by atoms with Gasteiger partial charge in [0.2, 0.25) is 0 Å². The number of thiophene rings is 1. The zero-order valence-corrected chi connectivity index (χ0v) is 10.4. The van der Waals surface area contributed by atoms with Crippen molar-refractivity contribution in [3.8, 4) is 5.75 Å². The molecule has 4 nitrogen and oxygen atoms in total. The highest BCUT2D eigenvalue weighted by atomic mass is 32.1. The molecule has 1 aromatic carbocycles. The molecule has 1 unspecified atom stereocenters. The number of hydrogen-bond donors (Lipinski definition) is 2. The number of rotatable bonds is 3. The third kappa shape index (κ3) is 1.99. The Morgan fingerprint density at radius 3 is 2.82 bits per heavy atom. The van der Waals surface area contributed by atoms with E-state index in [0.29, 0.717) is 5.56 Å². The van der Waals surface area contributed by atoms with Crippen LogP contribution < -0.4 is 10.5 Å². The monoisotopic (exact) mass is 251 g/mol. The first-order valence-corrected chi connectivity index (χ1v) is 5.91. The maximum absolute atomic E-state index is 11.0. The molecule has 90 valence electrons. The lowest BCUT2D eigenvalue weighted by Crippen LogP contribution is -2.20. The lowest BCUT2D eigenvalue weighted by molar-refractivity contribution is -0.138. The van der Waals surface area contributed by atoms with Crippen molar-refractivity contribution >= 4 is 27.4 Å². The molecule has 0 fully saturated rings. The van der Waals surface area contributed by atoms with E-state index in [-0.39, 0.29) is 0 Å². The second kappa shape index (κ2) is 4.35. The van der Waals surface area contributed by atoms with Gasteiger partial charge in [0.1, 0.15) is 11.8 Å². The fraction of sp³-hybridized carbons (Fsp3) is 0.250. The van der Waals surface area contributed by atoms with Gasteiger partial charge in [0.25, 0.3) is 0 Å². The molecule has 0 saturated heterocycles. The van der Waals surface area contributed by atoms with E-state index in [1.165, 1.54) is 11.3 Å². The Bertz CT molecular complexity index is 576. The quantitative estimate of drug-likeness (QED) is 0.878. The van der Waals surface area contributed by atoms with Crippen molar-refractivity contribution in [1.82, 2.24) is 0 Å². The average molecular weight is 251 g/mol. The number of hydrogen-bond acceptors (Lipinski definition) is 4. The Morgan fingerprint density at radius 2 is 2.24 bits per heavy atom. The van der Waals surface area contributed by atoms with Gasteiger partial charge in [-0.05, 0) is 30.5 Å². The van der Waals surface area contributed by atoms with Gasteiger partial charge in [0, 0.05) is 15.1 Å². The molecule has 0 aliphatic heterocycles. The van der Waals surface area contributed by atoms with E-state index in [1.807, 2.05) is 25.1 Å². The van der Waals surface area contributed by atoms with Gasteiger partial charge in [-0.15, -0.1) is 11.3 Å². The minimum absolute atomic E-state index is 0.695. The van der Waals surface area contributed by atoms with Crippen LogP contribution in [0.25, 0.3) is 10.1 Å². The van der Waals surface area contributed by atoms with Crippen LogP contribution in [0, 0.1) is 6.92 Å². The third-order valence-electron chi connectivity index (χ3n) is 2.70. The summed E-state index contributed by atoms with van der Waals surface area (Å²) in [6.07, 6.45) is 0. The third-order valence-corrected chi connectivity index (χ3v) is 3.78. The minimum Gasteiger partial charge on any atom is -0.497 e. The predicted molar refractivity (Wildman–Crippen MR) is 67.7 cm³/mol. The number of methoxy groups -OCH3 is 1. The van der Waals surface area contributed by atoms with E-state index in [0.717, 1.165) is 20.7 Å². The van der Waals surface area contributed by atoms with Gasteiger partial charge in [-0.3, -0.25) is 4.79 Å². The first-order chi connectivity index (χ1) is 8.04. The van der Waals surface area contributed by atoms with Crippen LogP contribution in [0.2, 0.25) is 0 Å². The Morgan fingerprint density at radius 1 is 1.53 bits per heavy atom. The largest absolute Gasteiger partial charge is 0.497 e. The summed E-state index contributed by atoms with van der Waals surface area (Å²) in [5.41, 5.74) is 6.39. The zero-order chi connectivity index (χ0) is 12.6. The molecule has 3 N–H and O–H groups in total. The number of aryl methyl sites for hydroxylation is 1. The van der Waals surface area contributed by atoms with Crippen LogP contribution in [0.15, 0.2) is 18.2 Å². The zero-order valence-electron chi connectivity index (χ0n) is 9.56. The lowest BCUT2D eigenvalue weighted by Gasteiger charge is -2.07. The fourth-order valence-electron chi connectivity index (χ4n) is 1.86. The number of fused-ring (bicyclic) bond motifs is 1. The summed E-state index contributed by atoms with van der Waals surface area (Å²) in [5, 5.41) is 9.89. The van der Waals surface area contributed by atoms with Crippen LogP contribution in [0.4, 0.5) is 0 Å². The molecule has 2 aromatic rings. The normalized spacial score (nSPS) is 12.6. The maximum atomic E-state index is 11.0. The van der Waals surface area contributed by atoms with Crippen LogP contribution in [-0.4, -0.2) is 18.2 Å². The molecule has 0 aliphatic carbocycles. The standard InChI is InChI=1S/C12H13NO3S/c1-6-10(11(13)12(14)15)8-4-3-7(16-2)5-9(8)17-6/h3-5,11H,13H2,1-2H3,(H,14,15). The van der Waals surface area contributed by atoms with Crippen LogP contribution in [0.3, 0.4) is 0 Å². The van der Waals surface area contributed by atoms with E-state index in [2.05, 4.69) is 0 Å². The number of carboxylic acid groups (broad SMARTS) is 1. The molecule has 5 heteroatoms. The first kappa shape index (κ1) is 11.9. The number of nitrogens with two attached hydrogens (primary N) is 1. The molecular weight excluding hydrogens is 238 g/mol. The van der Waals surface area contributed by atoms with Crippen molar-refractivity contribution in [3.63, 3.8) is 0 Å². The van der Waals surface area contributed by atoms with Gasteiger partial charge in [0.15, 0.2) is 0 Å². The van der Waals surface area contributed by atoms with Crippen molar-refractivity contribution in [1.29, 1.82) is 0 Å². The lowest BCUT2D eigenvalue weighted by atomic mass is 10.0. The minimum atomic E-state index is -1.01. The molecule has 1 aromatic heterocycles. The summed E-state index contributed by atoms with van der Waals surface area (Å²) in [7, 11) is 1.60. The molecule has 2 rings (SSSR count). The first-order valence-electron chi connectivity index (χ1n) is 5.10. The van der Waals surface area contributed by atoms with Gasteiger partial charge < -0.3 is 15.6 Å². The van der Waals surface area contributed by atoms with Gasteiger partial charge in [-0.1, -0.05) is 0 Å². The van der Waals surface area contributed by atoms with Crippen molar-refractivity contribution in [2.75, 3.05) is 7.11 Å². The van der Waals surface area contributed by atoms with Crippen LogP contribution >= 0.6 is 11.3 Å². The molecule has 0 bridgehead atoms. The van der Waals surface area contributed by atoms with Crippen LogP contribution in [0.1, 0.15) is 16.5 Å². The SMILES string of the molecule is COc1ccc2c(C(N)C(=O)O)c(C)sc2c1. The van der Waals surface area contributed by atoms with Crippen LogP contribution in [0.5, 0.6) is 5.75 Å². The summed E-state index contributed by atoms with van der Waals surface area (Å²) >= 11 is 1.53. The summed E-state index contributed by atoms with van der Waals surface area (Å²) in [6.45, 7) is 1.88. The Balaban J connectivity index is 2.64. The van der Waals surface area contributed by atoms with Crippen molar-refractivity contribution in [3.05, 3.63) is 28.6 Å². The summed E-state index contributed by atoms with van der Waals surface area (Å²) in [4.78, 5) is 11.9. The van der Waals surface area contributed by atoms with Crippen molar-refractivity contribution < 1.29 is 14.6 Å². The Hall–Kier alpha value is -1.59. The molecule has 1 atom stereocenters. The molecule has 1 heterocycles. The highest BCUT2D eigenvalue weighted by Gasteiger charge is 2.21. The molecule has 0 radical (unpaired) electrons. The van der Waals surface area contributed by atoms with E-state index in [1.54, 1.807) is 7.11 Å². The average Bonchev–Trinajstić information content (AvgIpc) is 2.62. The van der Waals surface area contributed by atoms with Crippen LogP contribution in [-0.2, 0) is 4.79 Å². The van der Waals surface area contributed by atoms with Gasteiger partial charge in [-0.25, -0.2) is 0 Å². The summed E-state index contributed by atoms with van der Waals surface area (Å²) in [5.74, 6) is -0.252. The Labute approximate surface area is 103 Å². The van der Waals surface area contributed by atoms with Gasteiger partial charge in [0.05, 0.1) is 7.11 Å². The second-order valence-electron chi connectivity index (χ2n) is 3.75. The maximum Gasteiger partial charge on any atom is 0.325 e. The van der Waals surface area contributed by atoms with Crippen molar-refractivity contribution in [2.45, 2.75) is 13.0 Å². The van der Waals surface area contributed by atoms with E-state index in [9.17, 15) is 4.79 Å². The molecule has 17 heavy (non-hydrogen) atoms. The predicted octanol–water partition coefficient (Wildman–Crippen LogP) is 2.30. The fourth-order valence-corrected chi connectivity index (χ4v) is 3.00. The second-order valence-corrected chi connectivity index (χ2v) is 5.01. The molecule has 0 saturated carbocycles. The highest BCUT2D eigenvalue weighted by molar-refractivity contribution is 7.19. The number of ether oxygens (including phenoxy) is 1. The smallest absolute Gasteiger partial charge is 0.325 e. The molecular formula is C12H13NO3S.